The molecule has 146 valence electrons. The third-order valence-corrected chi connectivity index (χ3v) is 6.13. The van der Waals surface area contributed by atoms with Crippen molar-refractivity contribution in [3.05, 3.63) is 83.2 Å². The lowest BCUT2D eigenvalue weighted by atomic mass is 10.1. The van der Waals surface area contributed by atoms with Gasteiger partial charge in [-0.3, -0.25) is 9.36 Å². The standard InChI is InChI=1S/C22H20N4OS2/c1-16-9-11-17(12-10-16)14-23-20(27)15-29-22-25-24-21(19-8-5-13-28-19)26(22)18-6-3-2-4-7-18/h2-13H,14-15H2,1H3,(H,23,27). The molecule has 2 aromatic carbocycles. The number of para-hydroxylation sites is 1. The summed E-state index contributed by atoms with van der Waals surface area (Å²) in [6.45, 7) is 2.57. The van der Waals surface area contributed by atoms with Gasteiger partial charge in [0.2, 0.25) is 5.91 Å². The molecular formula is C22H20N4OS2. The smallest absolute Gasteiger partial charge is 0.230 e. The number of amides is 1. The van der Waals surface area contributed by atoms with Gasteiger partial charge in [-0.25, -0.2) is 0 Å². The van der Waals surface area contributed by atoms with Crippen molar-refractivity contribution in [2.24, 2.45) is 0 Å². The first-order valence-corrected chi connectivity index (χ1v) is 11.1. The zero-order chi connectivity index (χ0) is 20.1. The number of aryl methyl sites for hydroxylation is 1. The minimum atomic E-state index is -0.0316. The van der Waals surface area contributed by atoms with Crippen molar-refractivity contribution in [3.63, 3.8) is 0 Å². The molecule has 2 aromatic heterocycles. The fraction of sp³-hybridized carbons (Fsp3) is 0.136. The fourth-order valence-electron chi connectivity index (χ4n) is 2.83. The van der Waals surface area contributed by atoms with E-state index < -0.39 is 0 Å². The predicted molar refractivity (Wildman–Crippen MR) is 118 cm³/mol. The first-order chi connectivity index (χ1) is 14.2. The van der Waals surface area contributed by atoms with Crippen LogP contribution in [0.5, 0.6) is 0 Å². The van der Waals surface area contributed by atoms with Crippen LogP contribution in [0.2, 0.25) is 0 Å². The summed E-state index contributed by atoms with van der Waals surface area (Å²) in [5, 5.41) is 14.4. The fourth-order valence-corrected chi connectivity index (χ4v) is 4.31. The van der Waals surface area contributed by atoms with Gasteiger partial charge in [-0.2, -0.15) is 0 Å². The van der Waals surface area contributed by atoms with Crippen LogP contribution in [0, 0.1) is 6.92 Å². The summed E-state index contributed by atoms with van der Waals surface area (Å²) in [6.07, 6.45) is 0. The van der Waals surface area contributed by atoms with Gasteiger partial charge in [0.1, 0.15) is 0 Å². The molecule has 0 aliphatic heterocycles. The zero-order valence-corrected chi connectivity index (χ0v) is 17.5. The number of hydrogen-bond acceptors (Lipinski definition) is 5. The van der Waals surface area contributed by atoms with Crippen LogP contribution in [0.4, 0.5) is 0 Å². The summed E-state index contributed by atoms with van der Waals surface area (Å²) >= 11 is 3.01. The molecule has 5 nitrogen and oxygen atoms in total. The highest BCUT2D eigenvalue weighted by Crippen LogP contribution is 2.30. The normalized spacial score (nSPS) is 10.8. The summed E-state index contributed by atoms with van der Waals surface area (Å²) < 4.78 is 2.00. The monoisotopic (exact) mass is 420 g/mol. The highest BCUT2D eigenvalue weighted by Gasteiger charge is 2.17. The molecule has 1 N–H and O–H groups in total. The van der Waals surface area contributed by atoms with E-state index in [9.17, 15) is 4.79 Å². The number of aromatic nitrogens is 3. The van der Waals surface area contributed by atoms with Crippen LogP contribution in [0.3, 0.4) is 0 Å². The topological polar surface area (TPSA) is 59.8 Å². The molecule has 4 rings (SSSR count). The Morgan fingerprint density at radius 3 is 2.55 bits per heavy atom. The first-order valence-electron chi connectivity index (χ1n) is 9.20. The van der Waals surface area contributed by atoms with E-state index in [4.69, 9.17) is 0 Å². The summed E-state index contributed by atoms with van der Waals surface area (Å²) in [5.41, 5.74) is 3.27. The van der Waals surface area contributed by atoms with E-state index in [1.165, 1.54) is 17.3 Å². The van der Waals surface area contributed by atoms with Crippen LogP contribution in [0.1, 0.15) is 11.1 Å². The Morgan fingerprint density at radius 2 is 1.83 bits per heavy atom. The Kier molecular flexibility index (Phi) is 6.07. The van der Waals surface area contributed by atoms with E-state index in [0.29, 0.717) is 11.7 Å². The van der Waals surface area contributed by atoms with Crippen LogP contribution in [0.15, 0.2) is 77.3 Å². The maximum atomic E-state index is 12.4. The molecule has 0 atom stereocenters. The Balaban J connectivity index is 1.47. The van der Waals surface area contributed by atoms with Crippen LogP contribution >= 0.6 is 23.1 Å². The summed E-state index contributed by atoms with van der Waals surface area (Å²) in [6, 6.07) is 22.1. The molecule has 0 saturated heterocycles. The molecule has 0 unspecified atom stereocenters. The SMILES string of the molecule is Cc1ccc(CNC(=O)CSc2nnc(-c3cccs3)n2-c2ccccc2)cc1. The molecule has 7 heteroatoms. The number of carbonyl (C=O) groups is 1. The van der Waals surface area contributed by atoms with E-state index in [0.717, 1.165) is 22.0 Å². The molecule has 1 amide bonds. The van der Waals surface area contributed by atoms with Crippen molar-refractivity contribution in [3.8, 4) is 16.4 Å². The van der Waals surface area contributed by atoms with Crippen molar-refractivity contribution in [1.29, 1.82) is 0 Å². The van der Waals surface area contributed by atoms with Crippen LogP contribution in [0.25, 0.3) is 16.4 Å². The van der Waals surface area contributed by atoms with Gasteiger partial charge in [-0.05, 0) is 36.1 Å². The molecule has 0 fully saturated rings. The van der Waals surface area contributed by atoms with Crippen LogP contribution in [-0.2, 0) is 11.3 Å². The van der Waals surface area contributed by atoms with E-state index in [1.807, 2.05) is 83.6 Å². The average Bonchev–Trinajstić information content (AvgIpc) is 3.42. The van der Waals surface area contributed by atoms with Crippen molar-refractivity contribution in [1.82, 2.24) is 20.1 Å². The van der Waals surface area contributed by atoms with Gasteiger partial charge in [0.05, 0.1) is 10.6 Å². The number of carbonyl (C=O) groups excluding carboxylic acids is 1. The lowest BCUT2D eigenvalue weighted by Gasteiger charge is -2.09. The summed E-state index contributed by atoms with van der Waals surface area (Å²) in [4.78, 5) is 13.4. The lowest BCUT2D eigenvalue weighted by molar-refractivity contribution is -0.118. The van der Waals surface area contributed by atoms with Gasteiger partial charge in [-0.15, -0.1) is 21.5 Å². The van der Waals surface area contributed by atoms with Crippen molar-refractivity contribution in [2.75, 3.05) is 5.75 Å². The average molecular weight is 421 g/mol. The largest absolute Gasteiger partial charge is 0.351 e. The molecule has 0 radical (unpaired) electrons. The Bertz CT molecular complexity index is 1070. The van der Waals surface area contributed by atoms with E-state index in [2.05, 4.69) is 15.5 Å². The van der Waals surface area contributed by atoms with Crippen LogP contribution in [-0.4, -0.2) is 26.4 Å². The first kappa shape index (κ1) is 19.4. The molecule has 0 spiro atoms. The zero-order valence-electron chi connectivity index (χ0n) is 15.9. The number of hydrogen-bond donors (Lipinski definition) is 1. The predicted octanol–water partition coefficient (Wildman–Crippen LogP) is 4.71. The molecule has 0 saturated carbocycles. The Morgan fingerprint density at radius 1 is 1.03 bits per heavy atom. The van der Waals surface area contributed by atoms with E-state index in [-0.39, 0.29) is 11.7 Å². The summed E-state index contributed by atoms with van der Waals surface area (Å²) in [5.74, 6) is 1.03. The van der Waals surface area contributed by atoms with Gasteiger partial charge < -0.3 is 5.32 Å². The minimum Gasteiger partial charge on any atom is -0.351 e. The molecule has 0 aliphatic carbocycles. The van der Waals surface area contributed by atoms with Crippen molar-refractivity contribution < 1.29 is 4.79 Å². The van der Waals surface area contributed by atoms with Gasteiger partial charge in [0.25, 0.3) is 0 Å². The second kappa shape index (κ2) is 9.07. The highest BCUT2D eigenvalue weighted by molar-refractivity contribution is 7.99. The van der Waals surface area contributed by atoms with Crippen molar-refractivity contribution >= 4 is 29.0 Å². The van der Waals surface area contributed by atoms with Gasteiger partial charge in [0, 0.05) is 12.2 Å². The number of rotatable bonds is 7. The van der Waals surface area contributed by atoms with E-state index in [1.54, 1.807) is 11.3 Å². The number of nitrogens with one attached hydrogen (secondary N) is 1. The second-order valence-corrected chi connectivity index (χ2v) is 8.40. The molecule has 0 aliphatic rings. The number of thiophene rings is 1. The molecule has 0 bridgehead atoms. The maximum Gasteiger partial charge on any atom is 0.230 e. The lowest BCUT2D eigenvalue weighted by Crippen LogP contribution is -2.24. The Labute approximate surface area is 177 Å². The molecule has 2 heterocycles. The highest BCUT2D eigenvalue weighted by atomic mass is 32.2. The number of nitrogens with zero attached hydrogens (tertiary/aromatic N) is 3. The molecular weight excluding hydrogens is 400 g/mol. The van der Waals surface area contributed by atoms with Gasteiger partial charge in [0.15, 0.2) is 11.0 Å². The number of benzene rings is 2. The Hall–Kier alpha value is -2.90. The second-order valence-electron chi connectivity index (χ2n) is 6.51. The maximum absolute atomic E-state index is 12.4. The molecule has 4 aromatic rings. The summed E-state index contributed by atoms with van der Waals surface area (Å²) in [7, 11) is 0. The van der Waals surface area contributed by atoms with Gasteiger partial charge in [-0.1, -0.05) is 65.9 Å². The van der Waals surface area contributed by atoms with Gasteiger partial charge >= 0.3 is 0 Å². The quantitative estimate of drug-likeness (QED) is 0.440. The minimum absolute atomic E-state index is 0.0316. The third kappa shape index (κ3) is 4.75. The van der Waals surface area contributed by atoms with Crippen LogP contribution < -0.4 is 5.32 Å². The number of thioether (sulfide) groups is 1. The molecule has 29 heavy (non-hydrogen) atoms. The van der Waals surface area contributed by atoms with Crippen molar-refractivity contribution in [2.45, 2.75) is 18.6 Å². The van der Waals surface area contributed by atoms with E-state index >= 15 is 0 Å². The third-order valence-electron chi connectivity index (χ3n) is 4.33.